The molecule has 0 aliphatic heterocycles. The molecular formula is C13H27NO. The fourth-order valence-corrected chi connectivity index (χ4v) is 2.38. The van der Waals surface area contributed by atoms with Crippen LogP contribution in [0.1, 0.15) is 52.9 Å². The molecule has 1 saturated carbocycles. The molecule has 0 radical (unpaired) electrons. The minimum absolute atomic E-state index is 0.358. The first-order chi connectivity index (χ1) is 7.20. The highest BCUT2D eigenvalue weighted by Gasteiger charge is 2.19. The SMILES string of the molecule is CC(C)OCCNC(C)C1CCCCC1. The largest absolute Gasteiger partial charge is 0.377 e. The van der Waals surface area contributed by atoms with Gasteiger partial charge in [-0.05, 0) is 39.5 Å². The van der Waals surface area contributed by atoms with Crippen molar-refractivity contribution in [2.75, 3.05) is 13.2 Å². The van der Waals surface area contributed by atoms with E-state index < -0.39 is 0 Å². The Balaban J connectivity index is 2.04. The molecule has 0 saturated heterocycles. The van der Waals surface area contributed by atoms with Crippen LogP contribution in [0.4, 0.5) is 0 Å². The topological polar surface area (TPSA) is 21.3 Å². The minimum atomic E-state index is 0.358. The van der Waals surface area contributed by atoms with E-state index >= 15 is 0 Å². The predicted molar refractivity (Wildman–Crippen MR) is 65.1 cm³/mol. The van der Waals surface area contributed by atoms with E-state index in [2.05, 4.69) is 26.1 Å². The Morgan fingerprint density at radius 3 is 2.40 bits per heavy atom. The van der Waals surface area contributed by atoms with Crippen LogP contribution in [-0.4, -0.2) is 25.3 Å². The normalized spacial score (nSPS) is 20.8. The monoisotopic (exact) mass is 213 g/mol. The zero-order valence-electron chi connectivity index (χ0n) is 10.6. The average Bonchev–Trinajstić information content (AvgIpc) is 2.25. The molecule has 1 aliphatic carbocycles. The van der Waals surface area contributed by atoms with Crippen molar-refractivity contribution in [2.45, 2.75) is 65.0 Å². The van der Waals surface area contributed by atoms with Crippen LogP contribution < -0.4 is 5.32 Å². The van der Waals surface area contributed by atoms with Gasteiger partial charge in [0.2, 0.25) is 0 Å². The Morgan fingerprint density at radius 2 is 1.80 bits per heavy atom. The van der Waals surface area contributed by atoms with Crippen molar-refractivity contribution in [1.29, 1.82) is 0 Å². The van der Waals surface area contributed by atoms with E-state index in [1.807, 2.05) is 0 Å². The number of ether oxygens (including phenoxy) is 1. The Hall–Kier alpha value is -0.0800. The van der Waals surface area contributed by atoms with Crippen LogP contribution in [0.5, 0.6) is 0 Å². The molecule has 1 unspecified atom stereocenters. The van der Waals surface area contributed by atoms with Crippen molar-refractivity contribution >= 4 is 0 Å². The maximum absolute atomic E-state index is 5.52. The van der Waals surface area contributed by atoms with Crippen LogP contribution in [-0.2, 0) is 4.74 Å². The van der Waals surface area contributed by atoms with Crippen LogP contribution in [0, 0.1) is 5.92 Å². The highest BCUT2D eigenvalue weighted by molar-refractivity contribution is 4.75. The third-order valence-corrected chi connectivity index (χ3v) is 3.38. The first-order valence-electron chi connectivity index (χ1n) is 6.55. The maximum atomic E-state index is 5.52. The summed E-state index contributed by atoms with van der Waals surface area (Å²) in [6.07, 6.45) is 7.49. The van der Waals surface area contributed by atoms with Crippen LogP contribution >= 0.6 is 0 Å². The smallest absolute Gasteiger partial charge is 0.0594 e. The highest BCUT2D eigenvalue weighted by Crippen LogP contribution is 2.26. The molecule has 0 aromatic carbocycles. The average molecular weight is 213 g/mol. The van der Waals surface area contributed by atoms with Gasteiger partial charge in [-0.1, -0.05) is 19.3 Å². The zero-order chi connectivity index (χ0) is 11.1. The Bertz CT molecular complexity index is 153. The molecule has 1 aliphatic rings. The Kier molecular flexibility index (Phi) is 6.26. The molecule has 1 rings (SSSR count). The molecule has 0 aromatic rings. The summed E-state index contributed by atoms with van der Waals surface area (Å²) in [7, 11) is 0. The van der Waals surface area contributed by atoms with Crippen LogP contribution in [0.25, 0.3) is 0 Å². The van der Waals surface area contributed by atoms with Crippen molar-refractivity contribution in [3.63, 3.8) is 0 Å². The van der Waals surface area contributed by atoms with E-state index in [0.717, 1.165) is 19.1 Å². The lowest BCUT2D eigenvalue weighted by Crippen LogP contribution is -2.36. The first kappa shape index (κ1) is 13.0. The highest BCUT2D eigenvalue weighted by atomic mass is 16.5. The lowest BCUT2D eigenvalue weighted by molar-refractivity contribution is 0.0778. The molecule has 2 nitrogen and oxygen atoms in total. The number of hydrogen-bond donors (Lipinski definition) is 1. The second-order valence-electron chi connectivity index (χ2n) is 5.06. The Labute approximate surface area is 94.8 Å². The zero-order valence-corrected chi connectivity index (χ0v) is 10.6. The third-order valence-electron chi connectivity index (χ3n) is 3.38. The molecule has 0 amide bonds. The van der Waals surface area contributed by atoms with Gasteiger partial charge in [0.25, 0.3) is 0 Å². The standard InChI is InChI=1S/C13H27NO/c1-11(2)15-10-9-14-12(3)13-7-5-4-6-8-13/h11-14H,4-10H2,1-3H3. The van der Waals surface area contributed by atoms with Gasteiger partial charge in [0.1, 0.15) is 0 Å². The van der Waals surface area contributed by atoms with E-state index in [4.69, 9.17) is 4.74 Å². The third kappa shape index (κ3) is 5.53. The molecule has 0 spiro atoms. The molecule has 1 fully saturated rings. The summed E-state index contributed by atoms with van der Waals surface area (Å²) in [5.41, 5.74) is 0. The summed E-state index contributed by atoms with van der Waals surface area (Å²) in [5.74, 6) is 0.901. The predicted octanol–water partition coefficient (Wildman–Crippen LogP) is 2.97. The van der Waals surface area contributed by atoms with Crippen molar-refractivity contribution in [3.05, 3.63) is 0 Å². The van der Waals surface area contributed by atoms with Gasteiger partial charge < -0.3 is 10.1 Å². The summed E-state index contributed by atoms with van der Waals surface area (Å²) in [5, 5.41) is 3.58. The lowest BCUT2D eigenvalue weighted by atomic mass is 9.84. The van der Waals surface area contributed by atoms with Gasteiger partial charge in [-0.15, -0.1) is 0 Å². The van der Waals surface area contributed by atoms with Crippen molar-refractivity contribution in [2.24, 2.45) is 5.92 Å². The summed E-state index contributed by atoms with van der Waals surface area (Å²) in [6, 6.07) is 0.668. The van der Waals surface area contributed by atoms with Gasteiger partial charge in [0, 0.05) is 12.6 Å². The van der Waals surface area contributed by atoms with Gasteiger partial charge in [0.15, 0.2) is 0 Å². The van der Waals surface area contributed by atoms with E-state index in [-0.39, 0.29) is 0 Å². The fourth-order valence-electron chi connectivity index (χ4n) is 2.38. The van der Waals surface area contributed by atoms with E-state index in [0.29, 0.717) is 12.1 Å². The number of nitrogens with one attached hydrogen (secondary N) is 1. The van der Waals surface area contributed by atoms with Crippen molar-refractivity contribution in [3.8, 4) is 0 Å². The molecule has 2 heteroatoms. The summed E-state index contributed by atoms with van der Waals surface area (Å²) in [6.45, 7) is 8.34. The number of rotatable bonds is 6. The number of hydrogen-bond acceptors (Lipinski definition) is 2. The molecule has 0 bridgehead atoms. The quantitative estimate of drug-likeness (QED) is 0.685. The second-order valence-corrected chi connectivity index (χ2v) is 5.06. The molecule has 15 heavy (non-hydrogen) atoms. The minimum Gasteiger partial charge on any atom is -0.377 e. The van der Waals surface area contributed by atoms with Crippen LogP contribution in [0.2, 0.25) is 0 Å². The van der Waals surface area contributed by atoms with E-state index in [1.54, 1.807) is 0 Å². The first-order valence-corrected chi connectivity index (χ1v) is 6.55. The van der Waals surface area contributed by atoms with Crippen molar-refractivity contribution in [1.82, 2.24) is 5.32 Å². The maximum Gasteiger partial charge on any atom is 0.0594 e. The second kappa shape index (κ2) is 7.24. The summed E-state index contributed by atoms with van der Waals surface area (Å²) >= 11 is 0. The fraction of sp³-hybridized carbons (Fsp3) is 1.00. The summed E-state index contributed by atoms with van der Waals surface area (Å²) < 4.78 is 5.52. The van der Waals surface area contributed by atoms with Gasteiger partial charge in [0.05, 0.1) is 12.7 Å². The van der Waals surface area contributed by atoms with Crippen LogP contribution in [0.3, 0.4) is 0 Å². The molecule has 0 aromatic heterocycles. The molecule has 1 atom stereocenters. The summed E-state index contributed by atoms with van der Waals surface area (Å²) in [4.78, 5) is 0. The molecule has 0 heterocycles. The lowest BCUT2D eigenvalue weighted by Gasteiger charge is -2.28. The van der Waals surface area contributed by atoms with Crippen LogP contribution in [0.15, 0.2) is 0 Å². The van der Waals surface area contributed by atoms with E-state index in [9.17, 15) is 0 Å². The molecular weight excluding hydrogens is 186 g/mol. The van der Waals surface area contributed by atoms with Gasteiger partial charge in [-0.25, -0.2) is 0 Å². The van der Waals surface area contributed by atoms with E-state index in [1.165, 1.54) is 32.1 Å². The molecule has 90 valence electrons. The van der Waals surface area contributed by atoms with Crippen molar-refractivity contribution < 1.29 is 4.74 Å². The van der Waals surface area contributed by atoms with Gasteiger partial charge >= 0.3 is 0 Å². The van der Waals surface area contributed by atoms with Gasteiger partial charge in [-0.3, -0.25) is 0 Å². The van der Waals surface area contributed by atoms with Gasteiger partial charge in [-0.2, -0.15) is 0 Å². The Morgan fingerprint density at radius 1 is 1.13 bits per heavy atom. The molecule has 1 N–H and O–H groups in total.